The van der Waals surface area contributed by atoms with Crippen LogP contribution in [0.1, 0.15) is 35.1 Å². The average molecular weight is 396 g/mol. The molecule has 2 aromatic rings. The molecule has 1 nitrogen and oxygen atoms in total. The summed E-state index contributed by atoms with van der Waals surface area (Å²) in [4.78, 5) is 2.33. The highest BCUT2D eigenvalue weighted by molar-refractivity contribution is 8.22. The molecule has 0 amide bonds. The first kappa shape index (κ1) is 19.2. The topological polar surface area (TPSA) is 3.24 Å². The summed E-state index contributed by atoms with van der Waals surface area (Å²) in [5.41, 5.74) is 6.07. The highest BCUT2D eigenvalue weighted by Gasteiger charge is 2.37. The molecule has 0 unspecified atom stereocenters. The second kappa shape index (κ2) is 8.46. The summed E-state index contributed by atoms with van der Waals surface area (Å²) < 4.78 is 1.52. The average Bonchev–Trinajstić information content (AvgIpc) is 2.83. The van der Waals surface area contributed by atoms with Gasteiger partial charge in [0.2, 0.25) is 0 Å². The Morgan fingerprint density at radius 1 is 0.889 bits per heavy atom. The summed E-state index contributed by atoms with van der Waals surface area (Å²) in [6.45, 7) is 1.09. The maximum absolute atomic E-state index is 2.63. The van der Waals surface area contributed by atoms with Crippen molar-refractivity contribution in [2.45, 2.75) is 31.1 Å². The monoisotopic (exact) mass is 395 g/mol. The van der Waals surface area contributed by atoms with Crippen molar-refractivity contribution >= 4 is 23.5 Å². The SMILES string of the molecule is CN(C)CCC1(C=C2SCCCS2)c2ccccc2CCc2ccccc21. The van der Waals surface area contributed by atoms with E-state index in [9.17, 15) is 0 Å². The van der Waals surface area contributed by atoms with Gasteiger partial charge in [-0.25, -0.2) is 0 Å². The van der Waals surface area contributed by atoms with Crippen LogP contribution >= 0.6 is 23.5 Å². The molecule has 0 saturated carbocycles. The second-order valence-electron chi connectivity index (χ2n) is 7.85. The van der Waals surface area contributed by atoms with Gasteiger partial charge in [-0.05, 0) is 86.2 Å². The lowest BCUT2D eigenvalue weighted by molar-refractivity contribution is 0.368. The smallest absolute Gasteiger partial charge is 0.0418 e. The van der Waals surface area contributed by atoms with Crippen molar-refractivity contribution < 1.29 is 0 Å². The summed E-state index contributed by atoms with van der Waals surface area (Å²) in [5.74, 6) is 2.51. The Hall–Kier alpha value is -1.16. The Labute approximate surface area is 172 Å². The molecule has 27 heavy (non-hydrogen) atoms. The van der Waals surface area contributed by atoms with Crippen molar-refractivity contribution in [2.24, 2.45) is 0 Å². The van der Waals surface area contributed by atoms with Crippen molar-refractivity contribution in [1.29, 1.82) is 0 Å². The molecule has 3 heteroatoms. The molecule has 2 aliphatic rings. The minimum atomic E-state index is -0.0272. The highest BCUT2D eigenvalue weighted by Crippen LogP contribution is 2.47. The zero-order valence-electron chi connectivity index (χ0n) is 16.4. The number of rotatable bonds is 4. The summed E-state index contributed by atoms with van der Waals surface area (Å²) >= 11 is 4.11. The molecule has 0 spiro atoms. The van der Waals surface area contributed by atoms with E-state index >= 15 is 0 Å². The molecule has 0 radical (unpaired) electrons. The molecule has 0 bridgehead atoms. The molecule has 1 aliphatic heterocycles. The van der Waals surface area contributed by atoms with Gasteiger partial charge in [0.25, 0.3) is 0 Å². The molecular weight excluding hydrogens is 366 g/mol. The van der Waals surface area contributed by atoms with E-state index in [1.165, 1.54) is 44.4 Å². The molecule has 1 heterocycles. The zero-order chi connectivity index (χ0) is 18.7. The van der Waals surface area contributed by atoms with Crippen LogP contribution in [0, 0.1) is 0 Å². The lowest BCUT2D eigenvalue weighted by Crippen LogP contribution is -2.32. The third-order valence-corrected chi connectivity index (χ3v) is 8.25. The van der Waals surface area contributed by atoms with E-state index in [0.717, 1.165) is 25.8 Å². The minimum absolute atomic E-state index is 0.0272. The zero-order valence-corrected chi connectivity index (χ0v) is 18.0. The number of nitrogens with zero attached hydrogens (tertiary/aromatic N) is 1. The van der Waals surface area contributed by atoms with Crippen LogP contribution in [0.15, 0.2) is 58.8 Å². The van der Waals surface area contributed by atoms with Gasteiger partial charge in [-0.1, -0.05) is 48.5 Å². The summed E-state index contributed by atoms with van der Waals surface area (Å²) in [6.07, 6.45) is 7.36. The summed E-state index contributed by atoms with van der Waals surface area (Å²) in [5, 5.41) is 0. The molecule has 0 aromatic heterocycles. The number of fused-ring (bicyclic) bond motifs is 2. The normalized spacial score (nSPS) is 18.6. The van der Waals surface area contributed by atoms with E-state index in [0.29, 0.717) is 0 Å². The first-order chi connectivity index (χ1) is 13.2. The van der Waals surface area contributed by atoms with E-state index in [-0.39, 0.29) is 5.41 Å². The minimum Gasteiger partial charge on any atom is -0.309 e. The largest absolute Gasteiger partial charge is 0.309 e. The number of allylic oxidation sites excluding steroid dienone is 1. The molecule has 142 valence electrons. The van der Waals surface area contributed by atoms with Crippen LogP contribution in [0.3, 0.4) is 0 Å². The highest BCUT2D eigenvalue weighted by atomic mass is 32.2. The fourth-order valence-corrected chi connectivity index (χ4v) is 6.95. The molecule has 1 aliphatic carbocycles. The Morgan fingerprint density at radius 2 is 1.44 bits per heavy atom. The number of hydrogen-bond acceptors (Lipinski definition) is 3. The Morgan fingerprint density at radius 3 is 2.00 bits per heavy atom. The van der Waals surface area contributed by atoms with Gasteiger partial charge in [-0.2, -0.15) is 0 Å². The van der Waals surface area contributed by atoms with Crippen LogP contribution in [0.2, 0.25) is 0 Å². The fourth-order valence-electron chi connectivity index (χ4n) is 4.39. The molecular formula is C24H29NS2. The van der Waals surface area contributed by atoms with Gasteiger partial charge >= 0.3 is 0 Å². The predicted octanol–water partition coefficient (Wildman–Crippen LogP) is 5.73. The summed E-state index contributed by atoms with van der Waals surface area (Å²) in [6, 6.07) is 18.4. The first-order valence-electron chi connectivity index (χ1n) is 9.99. The van der Waals surface area contributed by atoms with Crippen molar-refractivity contribution in [3.8, 4) is 0 Å². The number of aryl methyl sites for hydroxylation is 2. The Kier molecular flexibility index (Phi) is 6.01. The van der Waals surface area contributed by atoms with E-state index in [4.69, 9.17) is 0 Å². The van der Waals surface area contributed by atoms with E-state index in [1.54, 1.807) is 0 Å². The van der Waals surface area contributed by atoms with E-state index < -0.39 is 0 Å². The first-order valence-corrected chi connectivity index (χ1v) is 12.0. The van der Waals surface area contributed by atoms with Crippen LogP contribution in [-0.4, -0.2) is 37.0 Å². The number of benzene rings is 2. The maximum atomic E-state index is 2.63. The van der Waals surface area contributed by atoms with Gasteiger partial charge < -0.3 is 4.90 Å². The lowest BCUT2D eigenvalue weighted by atomic mass is 9.70. The van der Waals surface area contributed by atoms with E-state index in [1.807, 2.05) is 0 Å². The second-order valence-corrected chi connectivity index (χ2v) is 10.4. The van der Waals surface area contributed by atoms with Gasteiger partial charge in [0, 0.05) is 9.65 Å². The van der Waals surface area contributed by atoms with Crippen molar-refractivity contribution in [3.63, 3.8) is 0 Å². The number of thioether (sulfide) groups is 2. The molecule has 0 atom stereocenters. The quantitative estimate of drug-likeness (QED) is 0.650. The van der Waals surface area contributed by atoms with Crippen molar-refractivity contribution in [2.75, 3.05) is 32.1 Å². The van der Waals surface area contributed by atoms with Gasteiger partial charge in [0.15, 0.2) is 0 Å². The number of hydrogen-bond donors (Lipinski definition) is 0. The van der Waals surface area contributed by atoms with Crippen molar-refractivity contribution in [3.05, 3.63) is 81.1 Å². The van der Waals surface area contributed by atoms with Gasteiger partial charge in [-0.15, -0.1) is 23.5 Å². The molecule has 1 fully saturated rings. The lowest BCUT2D eigenvalue weighted by Gasteiger charge is -2.36. The fraction of sp³-hybridized carbons (Fsp3) is 0.417. The molecule has 4 rings (SSSR count). The standard InChI is InChI=1S/C24H29NS2/c1-25(2)15-14-24(18-23-26-16-7-17-27-23)21-10-5-3-8-19(21)12-13-20-9-4-6-11-22(20)24/h3-6,8-11,18H,7,12-17H2,1-2H3. The van der Waals surface area contributed by atoms with Crippen LogP contribution < -0.4 is 0 Å². The molecule has 2 aromatic carbocycles. The van der Waals surface area contributed by atoms with Crippen LogP contribution in [0.25, 0.3) is 0 Å². The molecule has 1 saturated heterocycles. The predicted molar refractivity (Wildman–Crippen MR) is 122 cm³/mol. The molecule has 0 N–H and O–H groups in total. The van der Waals surface area contributed by atoms with Crippen LogP contribution in [0.4, 0.5) is 0 Å². The maximum Gasteiger partial charge on any atom is 0.0418 e. The van der Waals surface area contributed by atoms with Crippen LogP contribution in [0.5, 0.6) is 0 Å². The van der Waals surface area contributed by atoms with Gasteiger partial charge in [-0.3, -0.25) is 0 Å². The van der Waals surface area contributed by atoms with Crippen molar-refractivity contribution in [1.82, 2.24) is 4.90 Å². The van der Waals surface area contributed by atoms with Crippen LogP contribution in [-0.2, 0) is 18.3 Å². The van der Waals surface area contributed by atoms with E-state index in [2.05, 4.69) is 97.1 Å². The Bertz CT molecular complexity index is 769. The third kappa shape index (κ3) is 4.01. The van der Waals surface area contributed by atoms with Gasteiger partial charge in [0.1, 0.15) is 0 Å². The Balaban J connectivity index is 1.94. The summed E-state index contributed by atoms with van der Waals surface area (Å²) in [7, 11) is 4.39. The third-order valence-electron chi connectivity index (χ3n) is 5.75. The van der Waals surface area contributed by atoms with Gasteiger partial charge in [0.05, 0.1) is 0 Å².